The highest BCUT2D eigenvalue weighted by Crippen LogP contribution is 2.11. The van der Waals surface area contributed by atoms with Crippen LogP contribution in [0.5, 0.6) is 0 Å². The Labute approximate surface area is 114 Å². The first-order valence-corrected chi connectivity index (χ1v) is 6.65. The Hall–Kier alpha value is -1.94. The van der Waals surface area contributed by atoms with Crippen LogP contribution in [0.25, 0.3) is 0 Å². The Balaban J connectivity index is 2.03. The Kier molecular flexibility index (Phi) is 4.86. The zero-order chi connectivity index (χ0) is 13.5. The molecule has 0 saturated carbocycles. The SMILES string of the molecule is CCCc1cc(NCc2ccccc2CN)ncn1. The van der Waals surface area contributed by atoms with E-state index in [2.05, 4.69) is 34.3 Å². The minimum atomic E-state index is 0.558. The number of aryl methyl sites for hydroxylation is 1. The predicted molar refractivity (Wildman–Crippen MR) is 77.7 cm³/mol. The lowest BCUT2D eigenvalue weighted by Crippen LogP contribution is -2.07. The summed E-state index contributed by atoms with van der Waals surface area (Å²) < 4.78 is 0. The molecule has 2 rings (SSSR count). The van der Waals surface area contributed by atoms with Gasteiger partial charge in [0.05, 0.1) is 0 Å². The summed E-state index contributed by atoms with van der Waals surface area (Å²) >= 11 is 0. The summed E-state index contributed by atoms with van der Waals surface area (Å²) in [7, 11) is 0. The van der Waals surface area contributed by atoms with Crippen LogP contribution in [0.4, 0.5) is 5.82 Å². The predicted octanol–water partition coefficient (Wildman–Crippen LogP) is 2.50. The van der Waals surface area contributed by atoms with Crippen LogP contribution in [0.2, 0.25) is 0 Å². The molecule has 4 heteroatoms. The molecule has 3 N–H and O–H groups in total. The van der Waals surface area contributed by atoms with E-state index in [0.717, 1.165) is 36.5 Å². The van der Waals surface area contributed by atoms with E-state index >= 15 is 0 Å². The smallest absolute Gasteiger partial charge is 0.129 e. The summed E-state index contributed by atoms with van der Waals surface area (Å²) in [6.45, 7) is 3.44. The number of nitrogens with one attached hydrogen (secondary N) is 1. The van der Waals surface area contributed by atoms with Crippen molar-refractivity contribution in [3.05, 3.63) is 53.5 Å². The van der Waals surface area contributed by atoms with Crippen molar-refractivity contribution in [3.63, 3.8) is 0 Å². The van der Waals surface area contributed by atoms with Gasteiger partial charge in [-0.3, -0.25) is 0 Å². The highest BCUT2D eigenvalue weighted by Gasteiger charge is 2.01. The Morgan fingerprint density at radius 2 is 1.95 bits per heavy atom. The normalized spacial score (nSPS) is 10.4. The van der Waals surface area contributed by atoms with Crippen LogP contribution < -0.4 is 11.1 Å². The minimum absolute atomic E-state index is 0.558. The van der Waals surface area contributed by atoms with E-state index in [-0.39, 0.29) is 0 Å². The minimum Gasteiger partial charge on any atom is -0.366 e. The maximum atomic E-state index is 5.73. The molecule has 0 aliphatic rings. The lowest BCUT2D eigenvalue weighted by atomic mass is 10.1. The molecule has 1 aromatic heterocycles. The molecule has 0 unspecified atom stereocenters. The maximum absolute atomic E-state index is 5.73. The van der Waals surface area contributed by atoms with Crippen molar-refractivity contribution >= 4 is 5.82 Å². The van der Waals surface area contributed by atoms with Gasteiger partial charge in [0.1, 0.15) is 12.1 Å². The first-order valence-electron chi connectivity index (χ1n) is 6.65. The fourth-order valence-electron chi connectivity index (χ4n) is 2.00. The summed E-state index contributed by atoms with van der Waals surface area (Å²) in [6, 6.07) is 10.2. The van der Waals surface area contributed by atoms with Crippen LogP contribution in [0.3, 0.4) is 0 Å². The molecule has 0 aliphatic heterocycles. The van der Waals surface area contributed by atoms with Crippen molar-refractivity contribution in [3.8, 4) is 0 Å². The molecule has 0 saturated heterocycles. The number of anilines is 1. The molecular weight excluding hydrogens is 236 g/mol. The standard InChI is InChI=1S/C15H20N4/c1-2-5-14-8-15(19-11-18-14)17-10-13-7-4-3-6-12(13)9-16/h3-4,6-8,11H,2,5,9-10,16H2,1H3,(H,17,18,19). The van der Waals surface area contributed by atoms with Gasteiger partial charge in [0.15, 0.2) is 0 Å². The molecule has 100 valence electrons. The number of benzene rings is 1. The Bertz CT molecular complexity index is 525. The molecule has 0 spiro atoms. The molecular formula is C15H20N4. The molecule has 0 radical (unpaired) electrons. The Morgan fingerprint density at radius 3 is 2.68 bits per heavy atom. The number of rotatable bonds is 6. The molecule has 19 heavy (non-hydrogen) atoms. The maximum Gasteiger partial charge on any atom is 0.129 e. The monoisotopic (exact) mass is 256 g/mol. The summed E-state index contributed by atoms with van der Waals surface area (Å²) in [5.41, 5.74) is 9.18. The zero-order valence-corrected chi connectivity index (χ0v) is 11.3. The second-order valence-electron chi connectivity index (χ2n) is 4.47. The molecule has 1 aromatic carbocycles. The van der Waals surface area contributed by atoms with Gasteiger partial charge in [0.2, 0.25) is 0 Å². The van der Waals surface area contributed by atoms with Crippen LogP contribution in [0, 0.1) is 0 Å². The van der Waals surface area contributed by atoms with Gasteiger partial charge in [-0.15, -0.1) is 0 Å². The fourth-order valence-corrected chi connectivity index (χ4v) is 2.00. The second-order valence-corrected chi connectivity index (χ2v) is 4.47. The van der Waals surface area contributed by atoms with Gasteiger partial charge in [-0.25, -0.2) is 9.97 Å². The van der Waals surface area contributed by atoms with E-state index in [0.29, 0.717) is 6.54 Å². The molecule has 0 fully saturated rings. The van der Waals surface area contributed by atoms with Gasteiger partial charge in [-0.05, 0) is 17.5 Å². The largest absolute Gasteiger partial charge is 0.366 e. The molecule has 1 heterocycles. The third-order valence-corrected chi connectivity index (χ3v) is 3.03. The van der Waals surface area contributed by atoms with Crippen molar-refractivity contribution in [2.24, 2.45) is 5.73 Å². The van der Waals surface area contributed by atoms with Crippen molar-refractivity contribution in [1.29, 1.82) is 0 Å². The lowest BCUT2D eigenvalue weighted by molar-refractivity contribution is 0.871. The number of nitrogens with two attached hydrogens (primary N) is 1. The van der Waals surface area contributed by atoms with E-state index < -0.39 is 0 Å². The summed E-state index contributed by atoms with van der Waals surface area (Å²) in [4.78, 5) is 8.49. The second kappa shape index (κ2) is 6.85. The number of nitrogens with zero attached hydrogens (tertiary/aromatic N) is 2. The zero-order valence-electron chi connectivity index (χ0n) is 11.3. The highest BCUT2D eigenvalue weighted by molar-refractivity contribution is 5.38. The van der Waals surface area contributed by atoms with E-state index in [4.69, 9.17) is 5.73 Å². The van der Waals surface area contributed by atoms with Crippen LogP contribution in [-0.4, -0.2) is 9.97 Å². The highest BCUT2D eigenvalue weighted by atomic mass is 15.0. The summed E-state index contributed by atoms with van der Waals surface area (Å²) in [5, 5.41) is 3.33. The molecule has 0 atom stereocenters. The van der Waals surface area contributed by atoms with Gasteiger partial charge in [-0.1, -0.05) is 37.6 Å². The quantitative estimate of drug-likeness (QED) is 0.833. The van der Waals surface area contributed by atoms with Gasteiger partial charge in [-0.2, -0.15) is 0 Å². The van der Waals surface area contributed by atoms with Crippen LogP contribution >= 0.6 is 0 Å². The van der Waals surface area contributed by atoms with E-state index in [9.17, 15) is 0 Å². The van der Waals surface area contributed by atoms with Crippen molar-refractivity contribution in [1.82, 2.24) is 9.97 Å². The molecule has 4 nitrogen and oxygen atoms in total. The average Bonchev–Trinajstić information content (AvgIpc) is 2.46. The summed E-state index contributed by atoms with van der Waals surface area (Å²) in [6.07, 6.45) is 3.69. The van der Waals surface area contributed by atoms with E-state index in [1.165, 1.54) is 5.56 Å². The van der Waals surface area contributed by atoms with Crippen LogP contribution in [0.1, 0.15) is 30.2 Å². The number of hydrogen-bond acceptors (Lipinski definition) is 4. The third kappa shape index (κ3) is 3.76. The van der Waals surface area contributed by atoms with Gasteiger partial charge >= 0.3 is 0 Å². The van der Waals surface area contributed by atoms with Gasteiger partial charge in [0.25, 0.3) is 0 Å². The van der Waals surface area contributed by atoms with E-state index in [1.54, 1.807) is 6.33 Å². The van der Waals surface area contributed by atoms with Crippen LogP contribution in [-0.2, 0) is 19.5 Å². The number of hydrogen-bond donors (Lipinski definition) is 2. The molecule has 0 aliphatic carbocycles. The molecule has 2 aromatic rings. The van der Waals surface area contributed by atoms with Crippen molar-refractivity contribution in [2.75, 3.05) is 5.32 Å². The average molecular weight is 256 g/mol. The Morgan fingerprint density at radius 1 is 1.16 bits per heavy atom. The van der Waals surface area contributed by atoms with E-state index in [1.807, 2.05) is 18.2 Å². The van der Waals surface area contributed by atoms with Crippen molar-refractivity contribution < 1.29 is 0 Å². The molecule has 0 amide bonds. The fraction of sp³-hybridized carbons (Fsp3) is 0.333. The number of aromatic nitrogens is 2. The van der Waals surface area contributed by atoms with Gasteiger partial charge < -0.3 is 11.1 Å². The first kappa shape index (κ1) is 13.5. The van der Waals surface area contributed by atoms with Crippen LogP contribution in [0.15, 0.2) is 36.7 Å². The lowest BCUT2D eigenvalue weighted by Gasteiger charge is -2.10. The first-order chi connectivity index (χ1) is 9.33. The van der Waals surface area contributed by atoms with Crippen molar-refractivity contribution in [2.45, 2.75) is 32.9 Å². The third-order valence-electron chi connectivity index (χ3n) is 3.03. The molecule has 0 bridgehead atoms. The van der Waals surface area contributed by atoms with Gasteiger partial charge in [0, 0.05) is 24.8 Å². The summed E-state index contributed by atoms with van der Waals surface area (Å²) in [5.74, 6) is 0.866. The topological polar surface area (TPSA) is 63.8 Å².